The van der Waals surface area contributed by atoms with Gasteiger partial charge in [-0.3, -0.25) is 0 Å². The molecule has 0 fully saturated rings. The SMILES string of the molecule is NCc1cccc(-c2nc3ccc(F)cc3o2)c1. The van der Waals surface area contributed by atoms with Crippen LogP contribution in [0, 0.1) is 5.82 Å². The molecule has 0 saturated carbocycles. The molecule has 0 atom stereocenters. The number of halogens is 1. The van der Waals surface area contributed by atoms with E-state index in [0.29, 0.717) is 23.5 Å². The van der Waals surface area contributed by atoms with Crippen molar-refractivity contribution >= 4 is 11.1 Å². The Balaban J connectivity index is 2.13. The van der Waals surface area contributed by atoms with Crippen molar-refractivity contribution in [3.63, 3.8) is 0 Å². The maximum Gasteiger partial charge on any atom is 0.227 e. The molecule has 3 rings (SSSR count). The summed E-state index contributed by atoms with van der Waals surface area (Å²) in [6.07, 6.45) is 0. The maximum absolute atomic E-state index is 13.1. The molecular weight excluding hydrogens is 231 g/mol. The number of benzene rings is 2. The van der Waals surface area contributed by atoms with Crippen LogP contribution < -0.4 is 5.73 Å². The number of nitrogens with two attached hydrogens (primary N) is 1. The van der Waals surface area contributed by atoms with Gasteiger partial charge in [-0.2, -0.15) is 0 Å². The fourth-order valence-electron chi connectivity index (χ4n) is 1.85. The number of hydrogen-bond acceptors (Lipinski definition) is 3. The second-order valence-electron chi connectivity index (χ2n) is 4.04. The van der Waals surface area contributed by atoms with Crippen LogP contribution in [0.3, 0.4) is 0 Å². The van der Waals surface area contributed by atoms with Crippen molar-refractivity contribution < 1.29 is 8.81 Å². The molecule has 0 radical (unpaired) electrons. The third kappa shape index (κ3) is 1.87. The first-order valence-electron chi connectivity index (χ1n) is 5.62. The molecule has 3 nitrogen and oxygen atoms in total. The van der Waals surface area contributed by atoms with Crippen molar-refractivity contribution in [3.05, 3.63) is 53.8 Å². The van der Waals surface area contributed by atoms with Gasteiger partial charge < -0.3 is 10.2 Å². The van der Waals surface area contributed by atoms with E-state index in [-0.39, 0.29) is 5.82 Å². The Kier molecular flexibility index (Phi) is 2.57. The van der Waals surface area contributed by atoms with Gasteiger partial charge in [-0.25, -0.2) is 9.37 Å². The summed E-state index contributed by atoms with van der Waals surface area (Å²) in [5.41, 5.74) is 8.52. The van der Waals surface area contributed by atoms with E-state index in [1.807, 2.05) is 24.3 Å². The van der Waals surface area contributed by atoms with Gasteiger partial charge in [-0.15, -0.1) is 0 Å². The Labute approximate surface area is 103 Å². The summed E-state index contributed by atoms with van der Waals surface area (Å²) in [5.74, 6) is 0.145. The number of oxazole rings is 1. The lowest BCUT2D eigenvalue weighted by Crippen LogP contribution is -1.95. The minimum atomic E-state index is -0.332. The summed E-state index contributed by atoms with van der Waals surface area (Å²) < 4.78 is 18.6. The van der Waals surface area contributed by atoms with Crippen LogP contribution in [-0.2, 0) is 6.54 Å². The highest BCUT2D eigenvalue weighted by Crippen LogP contribution is 2.25. The van der Waals surface area contributed by atoms with Crippen LogP contribution in [0.5, 0.6) is 0 Å². The zero-order valence-corrected chi connectivity index (χ0v) is 9.56. The highest BCUT2D eigenvalue weighted by atomic mass is 19.1. The van der Waals surface area contributed by atoms with Crippen molar-refractivity contribution in [1.82, 2.24) is 4.98 Å². The third-order valence-electron chi connectivity index (χ3n) is 2.76. The van der Waals surface area contributed by atoms with Crippen LogP contribution in [-0.4, -0.2) is 4.98 Å². The monoisotopic (exact) mass is 242 g/mol. The van der Waals surface area contributed by atoms with Gasteiger partial charge in [-0.1, -0.05) is 12.1 Å². The topological polar surface area (TPSA) is 52.0 Å². The van der Waals surface area contributed by atoms with E-state index in [2.05, 4.69) is 4.98 Å². The average Bonchev–Trinajstić information content (AvgIpc) is 2.81. The standard InChI is InChI=1S/C14H11FN2O/c15-11-4-5-12-13(7-11)18-14(17-12)10-3-1-2-9(6-10)8-16/h1-7H,8,16H2. The van der Waals surface area contributed by atoms with Crippen LogP contribution in [0.25, 0.3) is 22.6 Å². The molecular formula is C14H11FN2O. The molecule has 3 aromatic rings. The van der Waals surface area contributed by atoms with E-state index >= 15 is 0 Å². The molecule has 1 aromatic heterocycles. The van der Waals surface area contributed by atoms with Gasteiger partial charge in [0.25, 0.3) is 0 Å². The van der Waals surface area contributed by atoms with Crippen molar-refractivity contribution in [2.45, 2.75) is 6.54 Å². The first kappa shape index (κ1) is 10.9. The minimum absolute atomic E-state index is 0.332. The Hall–Kier alpha value is -2.20. The third-order valence-corrected chi connectivity index (χ3v) is 2.76. The molecule has 2 aromatic carbocycles. The molecule has 0 unspecified atom stereocenters. The Morgan fingerprint density at radius 1 is 1.17 bits per heavy atom. The molecule has 18 heavy (non-hydrogen) atoms. The lowest BCUT2D eigenvalue weighted by Gasteiger charge is -1.98. The number of aromatic nitrogens is 1. The normalized spacial score (nSPS) is 11.0. The highest BCUT2D eigenvalue weighted by Gasteiger charge is 2.09. The minimum Gasteiger partial charge on any atom is -0.436 e. The van der Waals surface area contributed by atoms with E-state index in [4.69, 9.17) is 10.2 Å². The zero-order chi connectivity index (χ0) is 12.5. The molecule has 0 spiro atoms. The number of nitrogens with zero attached hydrogens (tertiary/aromatic N) is 1. The van der Waals surface area contributed by atoms with Crippen molar-refractivity contribution in [2.75, 3.05) is 0 Å². The van der Waals surface area contributed by atoms with Gasteiger partial charge in [0.05, 0.1) is 0 Å². The Bertz CT molecular complexity index is 706. The van der Waals surface area contributed by atoms with Gasteiger partial charge in [0.15, 0.2) is 5.58 Å². The first-order valence-corrected chi connectivity index (χ1v) is 5.62. The molecule has 0 amide bonds. The van der Waals surface area contributed by atoms with Gasteiger partial charge in [0.1, 0.15) is 11.3 Å². The van der Waals surface area contributed by atoms with E-state index in [1.165, 1.54) is 12.1 Å². The molecule has 90 valence electrons. The largest absolute Gasteiger partial charge is 0.436 e. The van der Waals surface area contributed by atoms with Crippen LogP contribution in [0.15, 0.2) is 46.9 Å². The molecule has 0 saturated heterocycles. The smallest absolute Gasteiger partial charge is 0.227 e. The van der Waals surface area contributed by atoms with E-state index in [0.717, 1.165) is 11.1 Å². The zero-order valence-electron chi connectivity index (χ0n) is 9.56. The summed E-state index contributed by atoms with van der Waals surface area (Å²) in [6, 6.07) is 11.9. The van der Waals surface area contributed by atoms with Crippen LogP contribution in [0.1, 0.15) is 5.56 Å². The molecule has 0 aliphatic carbocycles. The van der Waals surface area contributed by atoms with Crippen LogP contribution in [0.2, 0.25) is 0 Å². The molecule has 0 aliphatic rings. The maximum atomic E-state index is 13.1. The van der Waals surface area contributed by atoms with Gasteiger partial charge in [0.2, 0.25) is 5.89 Å². The number of hydrogen-bond donors (Lipinski definition) is 1. The van der Waals surface area contributed by atoms with Crippen LogP contribution >= 0.6 is 0 Å². The Morgan fingerprint density at radius 3 is 2.89 bits per heavy atom. The Morgan fingerprint density at radius 2 is 2.06 bits per heavy atom. The second-order valence-corrected chi connectivity index (χ2v) is 4.04. The summed E-state index contributed by atoms with van der Waals surface area (Å²) in [5, 5.41) is 0. The van der Waals surface area contributed by atoms with Gasteiger partial charge in [0, 0.05) is 18.2 Å². The molecule has 4 heteroatoms. The lowest BCUT2D eigenvalue weighted by atomic mass is 10.1. The van der Waals surface area contributed by atoms with Crippen molar-refractivity contribution in [2.24, 2.45) is 5.73 Å². The predicted molar refractivity (Wildman–Crippen MR) is 67.3 cm³/mol. The van der Waals surface area contributed by atoms with E-state index < -0.39 is 0 Å². The fraction of sp³-hybridized carbons (Fsp3) is 0.0714. The molecule has 2 N–H and O–H groups in total. The molecule has 1 heterocycles. The summed E-state index contributed by atoms with van der Waals surface area (Å²) in [4.78, 5) is 4.33. The highest BCUT2D eigenvalue weighted by molar-refractivity contribution is 5.76. The van der Waals surface area contributed by atoms with Crippen LogP contribution in [0.4, 0.5) is 4.39 Å². The van der Waals surface area contributed by atoms with Crippen molar-refractivity contribution in [1.29, 1.82) is 0 Å². The summed E-state index contributed by atoms with van der Waals surface area (Å²) in [6.45, 7) is 0.461. The second kappa shape index (κ2) is 4.23. The molecule has 0 aliphatic heterocycles. The number of fused-ring (bicyclic) bond motifs is 1. The van der Waals surface area contributed by atoms with Crippen molar-refractivity contribution in [3.8, 4) is 11.5 Å². The lowest BCUT2D eigenvalue weighted by molar-refractivity contribution is 0.602. The quantitative estimate of drug-likeness (QED) is 0.751. The molecule has 0 bridgehead atoms. The summed E-state index contributed by atoms with van der Waals surface area (Å²) >= 11 is 0. The van der Waals surface area contributed by atoms with Gasteiger partial charge >= 0.3 is 0 Å². The predicted octanol–water partition coefficient (Wildman–Crippen LogP) is 3.09. The number of rotatable bonds is 2. The van der Waals surface area contributed by atoms with Gasteiger partial charge in [-0.05, 0) is 29.8 Å². The van der Waals surface area contributed by atoms with E-state index in [9.17, 15) is 4.39 Å². The van der Waals surface area contributed by atoms with E-state index in [1.54, 1.807) is 6.07 Å². The summed E-state index contributed by atoms with van der Waals surface area (Å²) in [7, 11) is 0. The average molecular weight is 242 g/mol. The first-order chi connectivity index (χ1) is 8.76. The fourth-order valence-corrected chi connectivity index (χ4v) is 1.85.